The Balaban J connectivity index is 1.76. The van der Waals surface area contributed by atoms with Crippen LogP contribution in [0.4, 0.5) is 5.69 Å². The third kappa shape index (κ3) is 5.38. The van der Waals surface area contributed by atoms with Crippen molar-refractivity contribution < 1.29 is 14.3 Å². The molecular weight excluding hydrogens is 488 g/mol. The molecule has 4 rings (SSSR count). The molecule has 0 saturated heterocycles. The third-order valence-corrected chi connectivity index (χ3v) is 7.71. The maximum atomic E-state index is 13.8. The number of thiophene rings is 1. The summed E-state index contributed by atoms with van der Waals surface area (Å²) >= 11 is 1.26. The minimum absolute atomic E-state index is 0.170. The number of anilines is 1. The lowest BCUT2D eigenvalue weighted by molar-refractivity contribution is -0.116. The smallest absolute Gasteiger partial charge is 0.267 e. The minimum atomic E-state index is -0.366. The number of nitrogens with zero attached hydrogens (tertiary/aromatic N) is 3. The van der Waals surface area contributed by atoms with Gasteiger partial charge in [0.2, 0.25) is 5.91 Å². The van der Waals surface area contributed by atoms with E-state index >= 15 is 0 Å². The SMILES string of the molecule is CCN(CC)CCN(C)C(=O)c1sc2c(c1OC)c(=O)n(CC(=O)Nc1ccccc1)c1ccccc21. The molecule has 0 atom stereocenters. The number of hydrogen-bond donors (Lipinski definition) is 1. The van der Waals surface area contributed by atoms with E-state index in [2.05, 4.69) is 24.1 Å². The van der Waals surface area contributed by atoms with E-state index < -0.39 is 0 Å². The molecule has 4 aromatic rings. The van der Waals surface area contributed by atoms with Gasteiger partial charge in [-0.1, -0.05) is 50.2 Å². The summed E-state index contributed by atoms with van der Waals surface area (Å²) < 4.78 is 7.79. The van der Waals surface area contributed by atoms with E-state index in [9.17, 15) is 14.4 Å². The number of aromatic nitrogens is 1. The monoisotopic (exact) mass is 520 g/mol. The number of methoxy groups -OCH3 is 1. The van der Waals surface area contributed by atoms with Gasteiger partial charge in [-0.25, -0.2) is 0 Å². The summed E-state index contributed by atoms with van der Waals surface area (Å²) in [7, 11) is 3.23. The second-order valence-electron chi connectivity index (χ2n) is 8.74. The molecule has 0 fully saturated rings. The number of carbonyl (C=O) groups excluding carboxylic acids is 2. The van der Waals surface area contributed by atoms with Crippen molar-refractivity contribution in [2.24, 2.45) is 0 Å². The van der Waals surface area contributed by atoms with E-state index in [1.165, 1.54) is 23.0 Å². The lowest BCUT2D eigenvalue weighted by atomic mass is 10.1. The van der Waals surface area contributed by atoms with Crippen molar-refractivity contribution in [3.8, 4) is 5.75 Å². The van der Waals surface area contributed by atoms with E-state index in [1.807, 2.05) is 42.5 Å². The first-order valence-corrected chi connectivity index (χ1v) is 13.2. The fourth-order valence-corrected chi connectivity index (χ4v) is 5.70. The number of ether oxygens (including phenoxy) is 1. The summed E-state index contributed by atoms with van der Waals surface area (Å²) in [5.41, 5.74) is 0.913. The number of benzene rings is 2. The van der Waals surface area contributed by atoms with E-state index in [4.69, 9.17) is 4.74 Å². The second kappa shape index (κ2) is 11.6. The minimum Gasteiger partial charge on any atom is -0.494 e. The van der Waals surface area contributed by atoms with Crippen LogP contribution in [0.2, 0.25) is 0 Å². The first-order chi connectivity index (χ1) is 17.9. The molecule has 0 aliphatic rings. The average molecular weight is 521 g/mol. The van der Waals surface area contributed by atoms with Gasteiger partial charge in [0.05, 0.1) is 17.3 Å². The number of nitrogens with one attached hydrogen (secondary N) is 1. The van der Waals surface area contributed by atoms with Crippen LogP contribution in [-0.4, -0.2) is 66.5 Å². The summed E-state index contributed by atoms with van der Waals surface area (Å²) in [4.78, 5) is 44.4. The second-order valence-corrected chi connectivity index (χ2v) is 9.77. The molecule has 2 aromatic carbocycles. The molecule has 0 aliphatic heterocycles. The molecule has 0 bridgehead atoms. The average Bonchev–Trinajstić information content (AvgIpc) is 3.31. The third-order valence-electron chi connectivity index (χ3n) is 6.51. The topological polar surface area (TPSA) is 83.9 Å². The highest BCUT2D eigenvalue weighted by atomic mass is 32.1. The molecule has 8 nitrogen and oxygen atoms in total. The zero-order valence-electron chi connectivity index (χ0n) is 21.6. The van der Waals surface area contributed by atoms with Crippen molar-refractivity contribution in [1.82, 2.24) is 14.4 Å². The zero-order chi connectivity index (χ0) is 26.5. The highest BCUT2D eigenvalue weighted by molar-refractivity contribution is 7.22. The summed E-state index contributed by atoms with van der Waals surface area (Å²) in [6.45, 7) is 7.16. The summed E-state index contributed by atoms with van der Waals surface area (Å²) in [6.07, 6.45) is 0. The number of rotatable bonds is 10. The number of carbonyl (C=O) groups is 2. The Labute approximate surface area is 220 Å². The Hall–Kier alpha value is -3.69. The predicted molar refractivity (Wildman–Crippen MR) is 150 cm³/mol. The summed E-state index contributed by atoms with van der Waals surface area (Å²) in [6, 6.07) is 16.5. The van der Waals surface area contributed by atoms with E-state index in [1.54, 1.807) is 24.1 Å². The first-order valence-electron chi connectivity index (χ1n) is 12.3. The molecule has 9 heteroatoms. The summed E-state index contributed by atoms with van der Waals surface area (Å²) in [5, 5.41) is 3.95. The number of hydrogen-bond acceptors (Lipinski definition) is 6. The van der Waals surface area contributed by atoms with Gasteiger partial charge in [-0.15, -0.1) is 11.3 Å². The molecule has 0 radical (unpaired) electrons. The number of para-hydroxylation sites is 2. The molecule has 2 aromatic heterocycles. The van der Waals surface area contributed by atoms with Gasteiger partial charge in [0.25, 0.3) is 11.5 Å². The van der Waals surface area contributed by atoms with Gasteiger partial charge in [0.1, 0.15) is 16.8 Å². The van der Waals surface area contributed by atoms with Crippen molar-refractivity contribution >= 4 is 49.8 Å². The van der Waals surface area contributed by atoms with Gasteiger partial charge in [-0.3, -0.25) is 19.0 Å². The lowest BCUT2D eigenvalue weighted by Crippen LogP contribution is -2.36. The van der Waals surface area contributed by atoms with Crippen molar-refractivity contribution in [2.45, 2.75) is 20.4 Å². The van der Waals surface area contributed by atoms with E-state index in [-0.39, 0.29) is 29.7 Å². The van der Waals surface area contributed by atoms with Crippen molar-refractivity contribution in [3.63, 3.8) is 0 Å². The molecule has 0 aliphatic carbocycles. The molecule has 37 heavy (non-hydrogen) atoms. The van der Waals surface area contributed by atoms with Gasteiger partial charge >= 0.3 is 0 Å². The molecule has 2 heterocycles. The fraction of sp³-hybridized carbons (Fsp3) is 0.321. The number of amides is 2. The molecular formula is C28H32N4O4S. The normalized spacial score (nSPS) is 11.3. The maximum Gasteiger partial charge on any atom is 0.267 e. The van der Waals surface area contributed by atoms with Crippen molar-refractivity contribution in [1.29, 1.82) is 0 Å². The Morgan fingerprint density at radius 2 is 1.68 bits per heavy atom. The van der Waals surface area contributed by atoms with Crippen LogP contribution >= 0.6 is 11.3 Å². The van der Waals surface area contributed by atoms with E-state index in [0.29, 0.717) is 32.7 Å². The highest BCUT2D eigenvalue weighted by Gasteiger charge is 2.27. The summed E-state index contributed by atoms with van der Waals surface area (Å²) in [5.74, 6) is -0.255. The standard InChI is InChI=1S/C28H32N4O4S/c1-5-31(6-2)17-16-30(3)28(35)26-24(36-4)23-25(37-26)20-14-10-11-15-21(20)32(27(23)34)18-22(33)29-19-12-8-7-9-13-19/h7-15H,5-6,16-18H2,1-4H3,(H,29,33). The molecule has 194 valence electrons. The van der Waals surface area contributed by atoms with Gasteiger partial charge in [0.15, 0.2) is 5.75 Å². The predicted octanol–water partition coefficient (Wildman–Crippen LogP) is 4.28. The van der Waals surface area contributed by atoms with Crippen LogP contribution in [0.5, 0.6) is 5.75 Å². The van der Waals surface area contributed by atoms with Gasteiger partial charge in [-0.05, 0) is 31.3 Å². The number of pyridine rings is 1. The molecule has 2 amide bonds. The number of likely N-dealkylation sites (N-methyl/N-ethyl adjacent to an activating group) is 2. The van der Waals surface area contributed by atoms with Crippen molar-refractivity contribution in [2.75, 3.05) is 45.7 Å². The Bertz CT molecular complexity index is 1470. The van der Waals surface area contributed by atoms with E-state index in [0.717, 1.165) is 25.0 Å². The zero-order valence-corrected chi connectivity index (χ0v) is 22.4. The highest BCUT2D eigenvalue weighted by Crippen LogP contribution is 2.40. The largest absolute Gasteiger partial charge is 0.494 e. The van der Waals surface area contributed by atoms with Gasteiger partial charge < -0.3 is 19.9 Å². The van der Waals surface area contributed by atoms with Crippen LogP contribution in [-0.2, 0) is 11.3 Å². The van der Waals surface area contributed by atoms with Gasteiger partial charge in [0, 0.05) is 31.2 Å². The Kier molecular flexibility index (Phi) is 8.25. The van der Waals surface area contributed by atoms with Crippen LogP contribution < -0.4 is 15.6 Å². The number of fused-ring (bicyclic) bond motifs is 3. The molecule has 0 saturated carbocycles. The fourth-order valence-electron chi connectivity index (χ4n) is 4.41. The Morgan fingerprint density at radius 3 is 2.35 bits per heavy atom. The van der Waals surface area contributed by atoms with Crippen LogP contribution in [0.3, 0.4) is 0 Å². The van der Waals surface area contributed by atoms with Crippen LogP contribution in [0.15, 0.2) is 59.4 Å². The lowest BCUT2D eigenvalue weighted by Gasteiger charge is -2.23. The molecule has 0 spiro atoms. The Morgan fingerprint density at radius 1 is 1.00 bits per heavy atom. The molecule has 0 unspecified atom stereocenters. The maximum absolute atomic E-state index is 13.8. The quantitative estimate of drug-likeness (QED) is 0.338. The van der Waals surface area contributed by atoms with Crippen LogP contribution in [0, 0.1) is 0 Å². The van der Waals surface area contributed by atoms with Crippen molar-refractivity contribution in [3.05, 3.63) is 69.8 Å². The molecule has 1 N–H and O–H groups in total. The first kappa shape index (κ1) is 26.4. The van der Waals surface area contributed by atoms with Crippen LogP contribution in [0.25, 0.3) is 21.0 Å². The van der Waals surface area contributed by atoms with Gasteiger partial charge in [-0.2, -0.15) is 0 Å². The van der Waals surface area contributed by atoms with Crippen LogP contribution in [0.1, 0.15) is 23.5 Å².